The van der Waals surface area contributed by atoms with Gasteiger partial charge in [-0.25, -0.2) is 0 Å². The maximum absolute atomic E-state index is 11.5. The van der Waals surface area contributed by atoms with Crippen molar-refractivity contribution >= 4 is 16.9 Å². The summed E-state index contributed by atoms with van der Waals surface area (Å²) in [5, 5.41) is 15.3. The summed E-state index contributed by atoms with van der Waals surface area (Å²) in [4.78, 5) is 11.5. The van der Waals surface area contributed by atoms with Crippen molar-refractivity contribution in [2.24, 2.45) is 11.8 Å². The van der Waals surface area contributed by atoms with Crippen molar-refractivity contribution in [3.8, 4) is 0 Å². The van der Waals surface area contributed by atoms with E-state index in [0.29, 0.717) is 0 Å². The van der Waals surface area contributed by atoms with Crippen LogP contribution in [0, 0.1) is 11.8 Å². The molecule has 2 aromatic rings. The Morgan fingerprint density at radius 1 is 1.33 bits per heavy atom. The fourth-order valence-electron chi connectivity index (χ4n) is 3.61. The van der Waals surface area contributed by atoms with Gasteiger partial charge in [-0.2, -0.15) is 5.10 Å². The molecular formula is C17H22N2O2. The molecule has 1 aromatic heterocycles. The number of aliphatic carboxylic acids is 1. The normalized spacial score (nSPS) is 22.5. The van der Waals surface area contributed by atoms with Crippen LogP contribution in [-0.2, 0) is 17.8 Å². The molecule has 1 aliphatic carbocycles. The average molecular weight is 286 g/mol. The summed E-state index contributed by atoms with van der Waals surface area (Å²) in [5.41, 5.74) is 2.21. The van der Waals surface area contributed by atoms with Gasteiger partial charge in [-0.1, -0.05) is 31.0 Å². The highest BCUT2D eigenvalue weighted by Crippen LogP contribution is 2.34. The van der Waals surface area contributed by atoms with Crippen LogP contribution in [0.15, 0.2) is 24.3 Å². The zero-order chi connectivity index (χ0) is 14.8. The molecule has 0 saturated heterocycles. The Morgan fingerprint density at radius 3 is 2.86 bits per heavy atom. The Morgan fingerprint density at radius 2 is 2.10 bits per heavy atom. The summed E-state index contributed by atoms with van der Waals surface area (Å²) in [7, 11) is 0. The summed E-state index contributed by atoms with van der Waals surface area (Å²) < 4.78 is 2.02. The number of carbonyl (C=O) groups is 1. The van der Waals surface area contributed by atoms with Crippen LogP contribution in [-0.4, -0.2) is 20.9 Å². The van der Waals surface area contributed by atoms with E-state index in [0.717, 1.165) is 49.9 Å². The maximum atomic E-state index is 11.5. The Labute approximate surface area is 124 Å². The first kappa shape index (κ1) is 14.1. The topological polar surface area (TPSA) is 55.1 Å². The molecule has 21 heavy (non-hydrogen) atoms. The second-order valence-corrected chi connectivity index (χ2v) is 5.97. The third kappa shape index (κ3) is 2.67. The van der Waals surface area contributed by atoms with Crippen molar-refractivity contribution in [3.63, 3.8) is 0 Å². The minimum atomic E-state index is -0.640. The number of carboxylic acids is 1. The molecule has 0 amide bonds. The van der Waals surface area contributed by atoms with Crippen LogP contribution in [0.1, 0.15) is 38.3 Å². The lowest BCUT2D eigenvalue weighted by molar-refractivity contribution is -0.144. The van der Waals surface area contributed by atoms with E-state index < -0.39 is 5.97 Å². The van der Waals surface area contributed by atoms with Crippen LogP contribution in [0.5, 0.6) is 0 Å². The Kier molecular flexibility index (Phi) is 3.95. The van der Waals surface area contributed by atoms with E-state index >= 15 is 0 Å². The van der Waals surface area contributed by atoms with E-state index in [1.165, 1.54) is 5.39 Å². The predicted molar refractivity (Wildman–Crippen MR) is 82.2 cm³/mol. The van der Waals surface area contributed by atoms with Gasteiger partial charge in [0.15, 0.2) is 0 Å². The van der Waals surface area contributed by atoms with Crippen molar-refractivity contribution in [2.75, 3.05) is 0 Å². The summed E-state index contributed by atoms with van der Waals surface area (Å²) in [5.74, 6) is -0.622. The van der Waals surface area contributed by atoms with Crippen LogP contribution < -0.4 is 0 Å². The number of carboxylic acid groups (broad SMARTS) is 1. The van der Waals surface area contributed by atoms with E-state index in [-0.39, 0.29) is 11.8 Å². The summed E-state index contributed by atoms with van der Waals surface area (Å²) in [6.45, 7) is 2.93. The molecule has 0 aliphatic heterocycles. The molecule has 3 rings (SSSR count). The lowest BCUT2D eigenvalue weighted by atomic mass is 9.77. The lowest BCUT2D eigenvalue weighted by Gasteiger charge is -2.27. The molecule has 112 valence electrons. The van der Waals surface area contributed by atoms with Crippen LogP contribution in [0.3, 0.4) is 0 Å². The first-order valence-electron chi connectivity index (χ1n) is 7.88. The van der Waals surface area contributed by atoms with E-state index in [4.69, 9.17) is 5.10 Å². The molecule has 4 heteroatoms. The first-order chi connectivity index (χ1) is 10.2. The molecule has 2 atom stereocenters. The van der Waals surface area contributed by atoms with Crippen LogP contribution in [0.25, 0.3) is 10.9 Å². The van der Waals surface area contributed by atoms with E-state index in [1.807, 2.05) is 16.8 Å². The summed E-state index contributed by atoms with van der Waals surface area (Å²) in [6.07, 6.45) is 4.78. The third-order valence-electron chi connectivity index (χ3n) is 4.72. The fraction of sp³-hybridized carbons (Fsp3) is 0.529. The summed E-state index contributed by atoms with van der Waals surface area (Å²) in [6, 6.07) is 8.25. The van der Waals surface area contributed by atoms with Crippen LogP contribution in [0.4, 0.5) is 0 Å². The van der Waals surface area contributed by atoms with Gasteiger partial charge < -0.3 is 5.11 Å². The minimum Gasteiger partial charge on any atom is -0.481 e. The zero-order valence-electron chi connectivity index (χ0n) is 12.5. The molecular weight excluding hydrogens is 264 g/mol. The van der Waals surface area contributed by atoms with Crippen molar-refractivity contribution < 1.29 is 9.90 Å². The molecule has 1 aromatic carbocycles. The van der Waals surface area contributed by atoms with Gasteiger partial charge in [0.2, 0.25) is 0 Å². The molecule has 1 saturated carbocycles. The lowest BCUT2D eigenvalue weighted by Crippen LogP contribution is -2.28. The van der Waals surface area contributed by atoms with Gasteiger partial charge in [0, 0.05) is 11.9 Å². The highest BCUT2D eigenvalue weighted by atomic mass is 16.4. The second kappa shape index (κ2) is 5.88. The Hall–Kier alpha value is -1.84. The highest BCUT2D eigenvalue weighted by molar-refractivity contribution is 5.82. The van der Waals surface area contributed by atoms with E-state index in [2.05, 4.69) is 19.1 Å². The highest BCUT2D eigenvalue weighted by Gasteiger charge is 2.31. The quantitative estimate of drug-likeness (QED) is 0.936. The largest absolute Gasteiger partial charge is 0.481 e. The SMILES string of the molecule is CCn1nc(CC2CCCCC2C(=O)O)c2ccccc21. The third-order valence-corrected chi connectivity index (χ3v) is 4.72. The molecule has 0 bridgehead atoms. The molecule has 4 nitrogen and oxygen atoms in total. The molecule has 0 spiro atoms. The van der Waals surface area contributed by atoms with Gasteiger partial charge in [-0.3, -0.25) is 9.48 Å². The average Bonchev–Trinajstić information content (AvgIpc) is 2.86. The number of para-hydroxylation sites is 1. The van der Waals surface area contributed by atoms with Crippen molar-refractivity contribution in [1.29, 1.82) is 0 Å². The minimum absolute atomic E-state index is 0.204. The summed E-state index contributed by atoms with van der Waals surface area (Å²) >= 11 is 0. The number of benzene rings is 1. The Balaban J connectivity index is 1.92. The van der Waals surface area contributed by atoms with E-state index in [1.54, 1.807) is 0 Å². The number of fused-ring (bicyclic) bond motifs is 1. The molecule has 2 unspecified atom stereocenters. The van der Waals surface area contributed by atoms with Crippen LogP contribution >= 0.6 is 0 Å². The van der Waals surface area contributed by atoms with Crippen molar-refractivity contribution in [3.05, 3.63) is 30.0 Å². The number of rotatable bonds is 4. The zero-order valence-corrected chi connectivity index (χ0v) is 12.5. The van der Waals surface area contributed by atoms with Gasteiger partial charge in [-0.15, -0.1) is 0 Å². The van der Waals surface area contributed by atoms with Crippen molar-refractivity contribution in [1.82, 2.24) is 9.78 Å². The van der Waals surface area contributed by atoms with Gasteiger partial charge >= 0.3 is 5.97 Å². The number of aromatic nitrogens is 2. The molecule has 1 aliphatic rings. The van der Waals surface area contributed by atoms with E-state index in [9.17, 15) is 9.90 Å². The number of hydrogen-bond acceptors (Lipinski definition) is 2. The smallest absolute Gasteiger partial charge is 0.306 e. The van der Waals surface area contributed by atoms with Gasteiger partial charge in [0.25, 0.3) is 0 Å². The predicted octanol–water partition coefficient (Wildman–Crippen LogP) is 3.49. The van der Waals surface area contributed by atoms with Gasteiger partial charge in [0.1, 0.15) is 0 Å². The monoisotopic (exact) mass is 286 g/mol. The Bertz CT molecular complexity index is 647. The molecule has 1 fully saturated rings. The second-order valence-electron chi connectivity index (χ2n) is 5.97. The van der Waals surface area contributed by atoms with Crippen LogP contribution in [0.2, 0.25) is 0 Å². The number of aryl methyl sites for hydroxylation is 1. The van der Waals surface area contributed by atoms with Gasteiger partial charge in [0.05, 0.1) is 17.1 Å². The standard InChI is InChI=1S/C17H22N2O2/c1-2-19-16-10-6-5-9-14(16)15(18-19)11-12-7-3-4-8-13(12)17(20)21/h5-6,9-10,12-13H,2-4,7-8,11H2,1H3,(H,20,21). The maximum Gasteiger partial charge on any atom is 0.306 e. The molecule has 1 heterocycles. The van der Waals surface area contributed by atoms with Gasteiger partial charge in [-0.05, 0) is 38.2 Å². The first-order valence-corrected chi connectivity index (χ1v) is 7.88. The fourth-order valence-corrected chi connectivity index (χ4v) is 3.61. The molecule has 0 radical (unpaired) electrons. The molecule has 1 N–H and O–H groups in total. The number of hydrogen-bond donors (Lipinski definition) is 1. The number of nitrogens with zero attached hydrogens (tertiary/aromatic N) is 2. The van der Waals surface area contributed by atoms with Crippen molar-refractivity contribution in [2.45, 2.75) is 45.6 Å².